The number of hydrogen-bond donors (Lipinski definition) is 1. The highest BCUT2D eigenvalue weighted by Gasteiger charge is 2.26. The van der Waals surface area contributed by atoms with Crippen LogP contribution in [0.2, 0.25) is 0 Å². The number of aryl methyl sites for hydroxylation is 1. The van der Waals surface area contributed by atoms with Crippen molar-refractivity contribution < 1.29 is 22.8 Å². The highest BCUT2D eigenvalue weighted by molar-refractivity contribution is 5.93. The fraction of sp³-hybridized carbons (Fsp3) is 0.400. The zero-order valence-electron chi connectivity index (χ0n) is 19.4. The van der Waals surface area contributed by atoms with Crippen molar-refractivity contribution in [3.8, 4) is 11.5 Å². The molecule has 9 heteroatoms. The number of piperazine rings is 1. The average Bonchev–Trinajstić information content (AvgIpc) is 3.50. The number of amides is 2. The van der Waals surface area contributed by atoms with E-state index in [2.05, 4.69) is 15.2 Å². The van der Waals surface area contributed by atoms with Crippen molar-refractivity contribution in [1.29, 1.82) is 0 Å². The lowest BCUT2D eigenvalue weighted by Crippen LogP contribution is -2.52. The maximum Gasteiger partial charge on any atom is 0.289 e. The van der Waals surface area contributed by atoms with Crippen LogP contribution in [0, 0.1) is 5.82 Å². The number of benzene rings is 1. The van der Waals surface area contributed by atoms with Crippen LogP contribution in [0.3, 0.4) is 0 Å². The maximum absolute atomic E-state index is 13.3. The Morgan fingerprint density at radius 2 is 1.88 bits per heavy atom. The first-order valence-electron chi connectivity index (χ1n) is 11.6. The lowest BCUT2D eigenvalue weighted by atomic mass is 10.2. The Hall–Kier alpha value is -3.46. The number of halogens is 1. The molecule has 1 atom stereocenters. The summed E-state index contributed by atoms with van der Waals surface area (Å²) < 4.78 is 24.3. The first kappa shape index (κ1) is 23.7. The van der Waals surface area contributed by atoms with Crippen LogP contribution in [0.1, 0.15) is 47.1 Å². The van der Waals surface area contributed by atoms with Crippen LogP contribution in [-0.4, -0.2) is 65.4 Å². The van der Waals surface area contributed by atoms with E-state index in [9.17, 15) is 14.0 Å². The minimum Gasteiger partial charge on any atom is -0.459 e. The van der Waals surface area contributed by atoms with E-state index in [4.69, 9.17) is 8.83 Å². The van der Waals surface area contributed by atoms with Gasteiger partial charge >= 0.3 is 0 Å². The van der Waals surface area contributed by atoms with Gasteiger partial charge in [-0.05, 0) is 49.7 Å². The van der Waals surface area contributed by atoms with Gasteiger partial charge in [-0.2, -0.15) is 0 Å². The Balaban J connectivity index is 1.33. The number of hydrogen-bond acceptors (Lipinski definition) is 6. The van der Waals surface area contributed by atoms with Crippen molar-refractivity contribution in [3.63, 3.8) is 0 Å². The van der Waals surface area contributed by atoms with Crippen LogP contribution in [-0.2, 0) is 6.42 Å². The summed E-state index contributed by atoms with van der Waals surface area (Å²) in [4.78, 5) is 33.9. The summed E-state index contributed by atoms with van der Waals surface area (Å²) in [5.41, 5.74) is 1.21. The third-order valence-corrected chi connectivity index (χ3v) is 5.78. The third kappa shape index (κ3) is 5.53. The van der Waals surface area contributed by atoms with Crippen molar-refractivity contribution in [3.05, 3.63) is 65.7 Å². The van der Waals surface area contributed by atoms with Gasteiger partial charge in [-0.25, -0.2) is 9.37 Å². The average molecular weight is 469 g/mol. The van der Waals surface area contributed by atoms with Gasteiger partial charge in [0.15, 0.2) is 5.76 Å². The highest BCUT2D eigenvalue weighted by Crippen LogP contribution is 2.23. The van der Waals surface area contributed by atoms with E-state index < -0.39 is 0 Å². The third-order valence-electron chi connectivity index (χ3n) is 5.78. The summed E-state index contributed by atoms with van der Waals surface area (Å²) >= 11 is 0. The van der Waals surface area contributed by atoms with Crippen LogP contribution < -0.4 is 5.32 Å². The summed E-state index contributed by atoms with van der Waals surface area (Å²) in [6.45, 7) is 7.22. The molecule has 1 saturated heterocycles. The second kappa shape index (κ2) is 10.6. The van der Waals surface area contributed by atoms with Gasteiger partial charge in [0.1, 0.15) is 5.82 Å². The molecule has 34 heavy (non-hydrogen) atoms. The summed E-state index contributed by atoms with van der Waals surface area (Å²) in [6, 6.07) is 9.08. The lowest BCUT2D eigenvalue weighted by Gasteiger charge is -2.35. The summed E-state index contributed by atoms with van der Waals surface area (Å²) in [6.07, 6.45) is 2.91. The number of carbonyl (C=O) groups excluding carboxylic acids is 2. The molecule has 1 aromatic carbocycles. The Morgan fingerprint density at radius 1 is 1.15 bits per heavy atom. The van der Waals surface area contributed by atoms with Crippen LogP contribution in [0.5, 0.6) is 0 Å². The van der Waals surface area contributed by atoms with Gasteiger partial charge in [-0.3, -0.25) is 14.5 Å². The van der Waals surface area contributed by atoms with E-state index in [-0.39, 0.29) is 29.4 Å². The zero-order chi connectivity index (χ0) is 24.1. The van der Waals surface area contributed by atoms with Crippen LogP contribution >= 0.6 is 0 Å². The summed E-state index contributed by atoms with van der Waals surface area (Å²) in [5, 5.41) is 3.00. The summed E-state index contributed by atoms with van der Waals surface area (Å²) in [7, 11) is 0. The molecule has 2 amide bonds. The molecular formula is C25H29FN4O4. The van der Waals surface area contributed by atoms with Crippen molar-refractivity contribution >= 4 is 11.8 Å². The molecule has 0 spiro atoms. The van der Waals surface area contributed by atoms with Crippen molar-refractivity contribution in [2.45, 2.75) is 32.7 Å². The SMILES string of the molecule is CCCc1nc(-c2ccc(F)cc2)oc1C(=O)N[C@H](C)CN1CCN(C(=O)c2ccco2)CC1. The molecular weight excluding hydrogens is 439 g/mol. The van der Waals surface area contributed by atoms with Gasteiger partial charge in [0.25, 0.3) is 11.8 Å². The Bertz CT molecular complexity index is 1100. The molecule has 1 aliphatic heterocycles. The molecule has 3 heterocycles. The number of nitrogens with zero attached hydrogens (tertiary/aromatic N) is 3. The number of nitrogens with one attached hydrogen (secondary N) is 1. The number of rotatable bonds is 8. The number of oxazole rings is 1. The lowest BCUT2D eigenvalue weighted by molar-refractivity contribution is 0.0595. The first-order valence-corrected chi connectivity index (χ1v) is 11.6. The number of carbonyl (C=O) groups is 2. The van der Waals surface area contributed by atoms with Gasteiger partial charge in [0.2, 0.25) is 11.7 Å². The smallest absolute Gasteiger partial charge is 0.289 e. The minimum atomic E-state index is -0.345. The predicted octanol–water partition coefficient (Wildman–Crippen LogP) is 3.60. The topological polar surface area (TPSA) is 91.8 Å². The largest absolute Gasteiger partial charge is 0.459 e. The van der Waals surface area contributed by atoms with E-state index >= 15 is 0 Å². The first-order chi connectivity index (χ1) is 16.4. The van der Waals surface area contributed by atoms with E-state index in [0.29, 0.717) is 62.1 Å². The molecule has 0 saturated carbocycles. The Morgan fingerprint density at radius 3 is 2.53 bits per heavy atom. The fourth-order valence-electron chi connectivity index (χ4n) is 4.06. The van der Waals surface area contributed by atoms with Gasteiger partial charge < -0.3 is 19.1 Å². The molecule has 180 valence electrons. The standard InChI is InChI=1S/C25H29FN4O4/c1-3-5-20-22(34-24(28-20)18-7-9-19(26)10-8-18)23(31)27-17(2)16-29-11-13-30(14-12-29)25(32)21-6-4-15-33-21/h4,6-10,15,17H,3,5,11-14,16H2,1-2H3,(H,27,31)/t17-/m1/s1. The van der Waals surface area contributed by atoms with Gasteiger partial charge in [0, 0.05) is 44.3 Å². The molecule has 1 aliphatic rings. The molecule has 0 aliphatic carbocycles. The Kier molecular flexibility index (Phi) is 7.42. The van der Waals surface area contributed by atoms with Gasteiger partial charge in [0.05, 0.1) is 12.0 Å². The second-order valence-corrected chi connectivity index (χ2v) is 8.50. The van der Waals surface area contributed by atoms with E-state index in [0.717, 1.165) is 6.42 Å². The van der Waals surface area contributed by atoms with Crippen LogP contribution in [0.25, 0.3) is 11.5 Å². The van der Waals surface area contributed by atoms with Crippen LogP contribution in [0.4, 0.5) is 4.39 Å². The molecule has 1 fully saturated rings. The molecule has 4 rings (SSSR count). The summed E-state index contributed by atoms with van der Waals surface area (Å²) in [5.74, 6) is 0.0896. The molecule has 0 radical (unpaired) electrons. The van der Waals surface area contributed by atoms with E-state index in [1.165, 1.54) is 18.4 Å². The van der Waals surface area contributed by atoms with Crippen molar-refractivity contribution in [1.82, 2.24) is 20.1 Å². The second-order valence-electron chi connectivity index (χ2n) is 8.50. The molecule has 2 aromatic heterocycles. The Labute approximate surface area is 197 Å². The van der Waals surface area contributed by atoms with Crippen molar-refractivity contribution in [2.75, 3.05) is 32.7 Å². The van der Waals surface area contributed by atoms with Gasteiger partial charge in [-0.15, -0.1) is 0 Å². The van der Waals surface area contributed by atoms with Gasteiger partial charge in [-0.1, -0.05) is 13.3 Å². The molecule has 8 nitrogen and oxygen atoms in total. The van der Waals surface area contributed by atoms with E-state index in [1.54, 1.807) is 29.2 Å². The normalized spacial score (nSPS) is 15.3. The minimum absolute atomic E-state index is 0.100. The molecule has 3 aromatic rings. The number of furan rings is 1. The highest BCUT2D eigenvalue weighted by atomic mass is 19.1. The maximum atomic E-state index is 13.3. The van der Waals surface area contributed by atoms with Crippen molar-refractivity contribution in [2.24, 2.45) is 0 Å². The predicted molar refractivity (Wildman–Crippen MR) is 124 cm³/mol. The molecule has 0 unspecified atom stereocenters. The molecule has 1 N–H and O–H groups in total. The van der Waals surface area contributed by atoms with E-state index in [1.807, 2.05) is 13.8 Å². The number of aromatic nitrogens is 1. The monoisotopic (exact) mass is 468 g/mol. The van der Waals surface area contributed by atoms with Crippen LogP contribution in [0.15, 0.2) is 51.5 Å². The fourth-order valence-corrected chi connectivity index (χ4v) is 4.06. The zero-order valence-corrected chi connectivity index (χ0v) is 19.4. The molecule has 0 bridgehead atoms. The quantitative estimate of drug-likeness (QED) is 0.543.